The van der Waals surface area contributed by atoms with Crippen LogP contribution in [0.5, 0.6) is 0 Å². The molecular weight excluding hydrogens is 231 g/mol. The molecule has 1 aromatic carbocycles. The van der Waals surface area contributed by atoms with E-state index in [-0.39, 0.29) is 0 Å². The van der Waals surface area contributed by atoms with Crippen LogP contribution in [-0.4, -0.2) is 6.61 Å². The lowest BCUT2D eigenvalue weighted by atomic mass is 10.1. The fourth-order valence-corrected chi connectivity index (χ4v) is 1.66. The number of benzene rings is 1. The Balaban J connectivity index is 2.50. The van der Waals surface area contributed by atoms with Crippen LogP contribution in [-0.2, 0) is 11.3 Å². The van der Waals surface area contributed by atoms with Gasteiger partial charge in [-0.05, 0) is 18.1 Å². The van der Waals surface area contributed by atoms with Crippen molar-refractivity contribution in [2.45, 2.75) is 26.9 Å². The summed E-state index contributed by atoms with van der Waals surface area (Å²) in [5.74, 6) is 0.575. The van der Waals surface area contributed by atoms with Crippen LogP contribution in [0.25, 0.3) is 0 Å². The number of rotatable bonds is 5. The van der Waals surface area contributed by atoms with E-state index in [1.165, 1.54) is 0 Å². The Morgan fingerprint density at radius 1 is 1.27 bits per heavy atom. The van der Waals surface area contributed by atoms with Crippen LogP contribution in [0, 0.1) is 5.92 Å². The van der Waals surface area contributed by atoms with E-state index in [1.54, 1.807) is 0 Å². The van der Waals surface area contributed by atoms with Crippen LogP contribution in [0.1, 0.15) is 25.8 Å². The van der Waals surface area contributed by atoms with Crippen molar-refractivity contribution in [1.29, 1.82) is 0 Å². The van der Waals surface area contributed by atoms with Gasteiger partial charge in [-0.15, -0.1) is 0 Å². The number of hydrogen-bond donors (Lipinski definition) is 0. The fourth-order valence-electron chi connectivity index (χ4n) is 1.15. The van der Waals surface area contributed by atoms with Gasteiger partial charge in [0.15, 0.2) is 0 Å². The Morgan fingerprint density at radius 2 is 1.87 bits per heavy atom. The van der Waals surface area contributed by atoms with Crippen molar-refractivity contribution in [3.63, 3.8) is 0 Å². The molecule has 84 valence electrons. The van der Waals surface area contributed by atoms with E-state index in [2.05, 4.69) is 13.8 Å². The molecule has 3 heteroatoms. The maximum atomic E-state index is 6.01. The van der Waals surface area contributed by atoms with Crippen LogP contribution in [0.3, 0.4) is 0 Å². The standard InChI is InChI=1S/C12H16Cl2O/c1-3-9(2)7-15-8-10-11(13)5-4-6-12(10)14/h4-6,9H,3,7-8H2,1-2H3. The Labute approximate surface area is 101 Å². The van der Waals surface area contributed by atoms with Gasteiger partial charge in [0.2, 0.25) is 0 Å². The van der Waals surface area contributed by atoms with Crippen molar-refractivity contribution < 1.29 is 4.74 Å². The summed E-state index contributed by atoms with van der Waals surface area (Å²) in [6, 6.07) is 5.49. The second kappa shape index (κ2) is 6.37. The molecule has 0 radical (unpaired) electrons. The number of halogens is 2. The molecule has 1 unspecified atom stereocenters. The second-order valence-corrected chi connectivity index (χ2v) is 4.54. The highest BCUT2D eigenvalue weighted by Gasteiger charge is 2.06. The molecule has 0 spiro atoms. The van der Waals surface area contributed by atoms with E-state index in [0.717, 1.165) is 18.6 Å². The SMILES string of the molecule is CCC(C)COCc1c(Cl)cccc1Cl. The van der Waals surface area contributed by atoms with Crippen molar-refractivity contribution in [1.82, 2.24) is 0 Å². The second-order valence-electron chi connectivity index (χ2n) is 3.73. The Morgan fingerprint density at radius 3 is 2.40 bits per heavy atom. The average Bonchev–Trinajstić information content (AvgIpc) is 2.22. The molecule has 0 fully saturated rings. The molecule has 0 aliphatic carbocycles. The Hall–Kier alpha value is -0.240. The Kier molecular flexibility index (Phi) is 5.44. The molecule has 0 saturated heterocycles. The molecule has 0 bridgehead atoms. The maximum absolute atomic E-state index is 6.01. The molecular formula is C12H16Cl2O. The van der Waals surface area contributed by atoms with Gasteiger partial charge in [-0.3, -0.25) is 0 Å². The normalized spacial score (nSPS) is 12.8. The van der Waals surface area contributed by atoms with Crippen LogP contribution in [0.15, 0.2) is 18.2 Å². The van der Waals surface area contributed by atoms with E-state index < -0.39 is 0 Å². The quantitative estimate of drug-likeness (QED) is 0.741. The van der Waals surface area contributed by atoms with Crippen LogP contribution < -0.4 is 0 Å². The summed E-state index contributed by atoms with van der Waals surface area (Å²) in [5, 5.41) is 1.35. The summed E-state index contributed by atoms with van der Waals surface area (Å²) in [7, 11) is 0. The van der Waals surface area contributed by atoms with Gasteiger partial charge < -0.3 is 4.74 Å². The topological polar surface area (TPSA) is 9.23 Å². The monoisotopic (exact) mass is 246 g/mol. The van der Waals surface area contributed by atoms with Gasteiger partial charge in [0.1, 0.15) is 0 Å². The molecule has 0 amide bonds. The molecule has 0 aliphatic rings. The van der Waals surface area contributed by atoms with E-state index in [9.17, 15) is 0 Å². The summed E-state index contributed by atoms with van der Waals surface area (Å²) in [6.45, 7) is 5.55. The zero-order chi connectivity index (χ0) is 11.3. The minimum atomic E-state index is 0.489. The first-order valence-electron chi connectivity index (χ1n) is 5.15. The predicted octanol–water partition coefficient (Wildman–Crippen LogP) is 4.56. The highest BCUT2D eigenvalue weighted by molar-refractivity contribution is 6.35. The summed E-state index contributed by atoms with van der Waals surface area (Å²) in [6.07, 6.45) is 1.12. The van der Waals surface area contributed by atoms with Gasteiger partial charge >= 0.3 is 0 Å². The molecule has 0 aromatic heterocycles. The minimum Gasteiger partial charge on any atom is -0.376 e. The third-order valence-electron chi connectivity index (χ3n) is 2.41. The lowest BCUT2D eigenvalue weighted by Crippen LogP contribution is -2.05. The van der Waals surface area contributed by atoms with Gasteiger partial charge in [-0.1, -0.05) is 49.5 Å². The molecule has 0 saturated carbocycles. The van der Waals surface area contributed by atoms with Crippen LogP contribution in [0.4, 0.5) is 0 Å². The summed E-state index contributed by atoms with van der Waals surface area (Å²) < 4.78 is 5.57. The molecule has 0 aliphatic heterocycles. The molecule has 0 N–H and O–H groups in total. The zero-order valence-corrected chi connectivity index (χ0v) is 10.6. The summed E-state index contributed by atoms with van der Waals surface area (Å²) in [4.78, 5) is 0. The zero-order valence-electron chi connectivity index (χ0n) is 9.09. The minimum absolute atomic E-state index is 0.489. The average molecular weight is 247 g/mol. The molecule has 15 heavy (non-hydrogen) atoms. The summed E-state index contributed by atoms with van der Waals surface area (Å²) in [5.41, 5.74) is 0.879. The number of hydrogen-bond acceptors (Lipinski definition) is 1. The lowest BCUT2D eigenvalue weighted by molar-refractivity contribution is 0.0911. The van der Waals surface area contributed by atoms with Crippen molar-refractivity contribution in [3.05, 3.63) is 33.8 Å². The molecule has 1 atom stereocenters. The van der Waals surface area contributed by atoms with Gasteiger partial charge in [0.25, 0.3) is 0 Å². The summed E-state index contributed by atoms with van der Waals surface area (Å²) >= 11 is 12.0. The van der Waals surface area contributed by atoms with E-state index in [0.29, 0.717) is 22.6 Å². The third-order valence-corrected chi connectivity index (χ3v) is 3.12. The highest BCUT2D eigenvalue weighted by Crippen LogP contribution is 2.25. The smallest absolute Gasteiger partial charge is 0.0746 e. The van der Waals surface area contributed by atoms with Crippen molar-refractivity contribution in [2.24, 2.45) is 5.92 Å². The van der Waals surface area contributed by atoms with Crippen molar-refractivity contribution in [2.75, 3.05) is 6.61 Å². The van der Waals surface area contributed by atoms with Gasteiger partial charge in [-0.25, -0.2) is 0 Å². The van der Waals surface area contributed by atoms with Gasteiger partial charge in [0.05, 0.1) is 6.61 Å². The maximum Gasteiger partial charge on any atom is 0.0746 e. The van der Waals surface area contributed by atoms with Crippen LogP contribution >= 0.6 is 23.2 Å². The largest absolute Gasteiger partial charge is 0.376 e. The first-order chi connectivity index (χ1) is 7.15. The third kappa shape index (κ3) is 4.02. The predicted molar refractivity (Wildman–Crippen MR) is 65.6 cm³/mol. The molecule has 0 heterocycles. The molecule has 1 nitrogen and oxygen atoms in total. The Bertz CT molecular complexity index is 292. The van der Waals surface area contributed by atoms with E-state index in [1.807, 2.05) is 18.2 Å². The molecule has 1 rings (SSSR count). The fraction of sp³-hybridized carbons (Fsp3) is 0.500. The van der Waals surface area contributed by atoms with Crippen LogP contribution in [0.2, 0.25) is 10.0 Å². The van der Waals surface area contributed by atoms with Gasteiger partial charge in [-0.2, -0.15) is 0 Å². The number of ether oxygens (including phenoxy) is 1. The van der Waals surface area contributed by atoms with E-state index >= 15 is 0 Å². The highest BCUT2D eigenvalue weighted by atomic mass is 35.5. The first-order valence-corrected chi connectivity index (χ1v) is 5.91. The first kappa shape index (κ1) is 12.8. The van der Waals surface area contributed by atoms with Gasteiger partial charge in [0, 0.05) is 22.2 Å². The lowest BCUT2D eigenvalue weighted by Gasteiger charge is -2.11. The molecule has 1 aromatic rings. The van der Waals surface area contributed by atoms with Crippen molar-refractivity contribution >= 4 is 23.2 Å². The van der Waals surface area contributed by atoms with E-state index in [4.69, 9.17) is 27.9 Å². The van der Waals surface area contributed by atoms with Crippen molar-refractivity contribution in [3.8, 4) is 0 Å².